The Bertz CT molecular complexity index is 1130. The van der Waals surface area contributed by atoms with Gasteiger partial charge in [-0.15, -0.1) is 0 Å². The van der Waals surface area contributed by atoms with Crippen LogP contribution < -0.4 is 10.1 Å². The molecule has 1 aromatic heterocycles. The third-order valence-corrected chi connectivity index (χ3v) is 4.69. The summed E-state index contributed by atoms with van der Waals surface area (Å²) in [5.41, 5.74) is 1.56. The van der Waals surface area contributed by atoms with Crippen molar-refractivity contribution in [2.75, 3.05) is 18.5 Å². The van der Waals surface area contributed by atoms with E-state index < -0.39 is 24.1 Å². The smallest absolute Gasteiger partial charge is 0.365 e. The zero-order valence-corrected chi connectivity index (χ0v) is 18.3. The van der Waals surface area contributed by atoms with Gasteiger partial charge in [0, 0.05) is 36.4 Å². The molecule has 33 heavy (non-hydrogen) atoms. The van der Waals surface area contributed by atoms with E-state index in [2.05, 4.69) is 10.3 Å². The Morgan fingerprint density at radius 3 is 2.48 bits per heavy atom. The Morgan fingerprint density at radius 2 is 1.79 bits per heavy atom. The summed E-state index contributed by atoms with van der Waals surface area (Å²) >= 11 is 0. The first-order chi connectivity index (χ1) is 15.8. The summed E-state index contributed by atoms with van der Waals surface area (Å²) in [7, 11) is 0. The molecule has 3 aromatic rings. The van der Waals surface area contributed by atoms with E-state index >= 15 is 0 Å². The summed E-state index contributed by atoms with van der Waals surface area (Å²) in [6.45, 7) is 3.52. The van der Waals surface area contributed by atoms with Gasteiger partial charge in [-0.25, -0.2) is 14.2 Å². The predicted octanol–water partition coefficient (Wildman–Crippen LogP) is 4.14. The maximum absolute atomic E-state index is 13.4. The number of benzene rings is 2. The minimum atomic E-state index is -2.05. The van der Waals surface area contributed by atoms with Crippen LogP contribution in [0, 0.1) is 5.82 Å². The van der Waals surface area contributed by atoms with Gasteiger partial charge in [0.1, 0.15) is 18.2 Å². The molecule has 9 heteroatoms. The summed E-state index contributed by atoms with van der Waals surface area (Å²) < 4.78 is 29.7. The van der Waals surface area contributed by atoms with Crippen molar-refractivity contribution in [1.29, 1.82) is 0 Å². The van der Waals surface area contributed by atoms with Crippen LogP contribution in [0.25, 0.3) is 10.9 Å². The van der Waals surface area contributed by atoms with Crippen molar-refractivity contribution in [3.8, 4) is 5.75 Å². The van der Waals surface area contributed by atoms with Crippen molar-refractivity contribution in [2.45, 2.75) is 32.7 Å². The number of carboxylic acids is 1. The molecule has 0 aliphatic heterocycles. The van der Waals surface area contributed by atoms with Crippen molar-refractivity contribution in [2.24, 2.45) is 0 Å². The molecule has 0 radical (unpaired) electrons. The van der Waals surface area contributed by atoms with E-state index in [1.165, 1.54) is 12.1 Å². The quantitative estimate of drug-likeness (QED) is 0.418. The molecule has 0 aliphatic carbocycles. The number of carboxylic acid groups (broad SMARTS) is 1. The van der Waals surface area contributed by atoms with Gasteiger partial charge in [-0.3, -0.25) is 4.79 Å². The topological polar surface area (TPSA) is 107 Å². The second-order valence-corrected chi connectivity index (χ2v) is 7.11. The van der Waals surface area contributed by atoms with E-state index in [1.807, 2.05) is 6.07 Å². The number of aliphatic carboxylic acids is 1. The van der Waals surface area contributed by atoms with Gasteiger partial charge >= 0.3 is 5.97 Å². The number of halogens is 1. The van der Waals surface area contributed by atoms with Gasteiger partial charge in [0.15, 0.2) is 0 Å². The molecule has 2 aromatic carbocycles. The summed E-state index contributed by atoms with van der Waals surface area (Å²) in [6, 6.07) is 14.7. The molecule has 0 bridgehead atoms. The first-order valence-corrected chi connectivity index (χ1v) is 10.4. The lowest BCUT2D eigenvalue weighted by atomic mass is 10.1. The van der Waals surface area contributed by atoms with Crippen LogP contribution in [0.3, 0.4) is 0 Å². The van der Waals surface area contributed by atoms with Gasteiger partial charge in [0.2, 0.25) is 5.91 Å². The van der Waals surface area contributed by atoms with Gasteiger partial charge in [-0.2, -0.15) is 0 Å². The second kappa shape index (κ2) is 10.8. The number of nitrogens with one attached hydrogen (secondary N) is 1. The number of rotatable bonds is 11. The fourth-order valence-electron chi connectivity index (χ4n) is 3.26. The molecule has 0 aliphatic rings. The number of hydrogen-bond donors (Lipinski definition) is 2. The van der Waals surface area contributed by atoms with E-state index in [0.29, 0.717) is 22.6 Å². The van der Waals surface area contributed by atoms with Crippen molar-refractivity contribution >= 4 is 28.5 Å². The number of ether oxygens (including phenoxy) is 3. The average Bonchev–Trinajstić information content (AvgIpc) is 2.77. The first-order valence-electron chi connectivity index (χ1n) is 10.4. The SMILES string of the molecule is CCOC(CC(=O)Nc1cccc(OCc2ccc3ccc(F)cc3n2)c1)(OCC)C(=O)O. The standard InChI is InChI=1S/C24H25FN2O6/c1-3-32-24(23(29)30,33-4-2)14-22(28)27-18-6-5-7-20(13-18)31-15-19-11-9-16-8-10-17(25)12-21(16)26-19/h5-13H,3-4,14-15H2,1-2H3,(H,27,28)(H,29,30). The maximum atomic E-state index is 13.4. The summed E-state index contributed by atoms with van der Waals surface area (Å²) in [4.78, 5) is 28.6. The third-order valence-electron chi connectivity index (χ3n) is 4.69. The van der Waals surface area contributed by atoms with Crippen LogP contribution in [-0.2, 0) is 25.7 Å². The lowest BCUT2D eigenvalue weighted by molar-refractivity contribution is -0.242. The van der Waals surface area contributed by atoms with E-state index in [0.717, 1.165) is 5.39 Å². The Kier molecular flexibility index (Phi) is 7.92. The number of anilines is 1. The van der Waals surface area contributed by atoms with E-state index in [1.54, 1.807) is 50.2 Å². The zero-order valence-electron chi connectivity index (χ0n) is 18.3. The number of hydrogen-bond acceptors (Lipinski definition) is 6. The van der Waals surface area contributed by atoms with Crippen LogP contribution >= 0.6 is 0 Å². The summed E-state index contributed by atoms with van der Waals surface area (Å²) in [5.74, 6) is -3.91. The number of carbonyl (C=O) groups excluding carboxylic acids is 1. The van der Waals surface area contributed by atoms with Crippen LogP contribution in [0.4, 0.5) is 10.1 Å². The molecule has 174 valence electrons. The molecule has 3 rings (SSSR count). The van der Waals surface area contributed by atoms with Crippen LogP contribution in [0.15, 0.2) is 54.6 Å². The molecule has 8 nitrogen and oxygen atoms in total. The highest BCUT2D eigenvalue weighted by molar-refractivity contribution is 5.94. The van der Waals surface area contributed by atoms with Crippen molar-refractivity contribution in [3.05, 3.63) is 66.1 Å². The van der Waals surface area contributed by atoms with Crippen LogP contribution in [0.1, 0.15) is 26.0 Å². The molecule has 0 atom stereocenters. The van der Waals surface area contributed by atoms with Gasteiger partial charge in [0.05, 0.1) is 17.6 Å². The number of fused-ring (bicyclic) bond motifs is 1. The molecule has 0 fully saturated rings. The third kappa shape index (κ3) is 6.24. The minimum Gasteiger partial charge on any atom is -0.487 e. The number of nitrogens with zero attached hydrogens (tertiary/aromatic N) is 1. The molecule has 1 amide bonds. The monoisotopic (exact) mass is 456 g/mol. The maximum Gasteiger partial charge on any atom is 0.365 e. The number of pyridine rings is 1. The molecule has 0 spiro atoms. The molecule has 1 heterocycles. The summed E-state index contributed by atoms with van der Waals surface area (Å²) in [5, 5.41) is 13.0. The highest BCUT2D eigenvalue weighted by atomic mass is 19.1. The second-order valence-electron chi connectivity index (χ2n) is 7.11. The van der Waals surface area contributed by atoms with E-state index in [-0.39, 0.29) is 25.6 Å². The van der Waals surface area contributed by atoms with Gasteiger partial charge in [-0.1, -0.05) is 12.1 Å². The van der Waals surface area contributed by atoms with Crippen molar-refractivity contribution in [1.82, 2.24) is 4.98 Å². The Balaban J connectivity index is 1.65. The van der Waals surface area contributed by atoms with Crippen molar-refractivity contribution in [3.63, 3.8) is 0 Å². The fourth-order valence-corrected chi connectivity index (χ4v) is 3.26. The van der Waals surface area contributed by atoms with Gasteiger partial charge in [-0.05, 0) is 44.2 Å². The number of carbonyl (C=O) groups is 2. The number of aromatic nitrogens is 1. The van der Waals surface area contributed by atoms with Gasteiger partial charge in [0.25, 0.3) is 5.79 Å². The largest absolute Gasteiger partial charge is 0.487 e. The molecular weight excluding hydrogens is 431 g/mol. The lowest BCUT2D eigenvalue weighted by Gasteiger charge is -2.28. The Morgan fingerprint density at radius 1 is 1.06 bits per heavy atom. The van der Waals surface area contributed by atoms with Crippen LogP contribution in [0.2, 0.25) is 0 Å². The molecule has 0 saturated carbocycles. The van der Waals surface area contributed by atoms with E-state index in [4.69, 9.17) is 14.2 Å². The predicted molar refractivity (Wildman–Crippen MR) is 119 cm³/mol. The van der Waals surface area contributed by atoms with Crippen LogP contribution in [0.5, 0.6) is 5.75 Å². The lowest BCUT2D eigenvalue weighted by Crippen LogP contribution is -2.47. The Labute approximate surface area is 190 Å². The number of amides is 1. The normalized spacial score (nSPS) is 11.4. The molecule has 2 N–H and O–H groups in total. The zero-order chi connectivity index (χ0) is 23.8. The average molecular weight is 456 g/mol. The summed E-state index contributed by atoms with van der Waals surface area (Å²) in [6.07, 6.45) is -0.521. The minimum absolute atomic E-state index is 0.0678. The highest BCUT2D eigenvalue weighted by Gasteiger charge is 2.43. The Hall–Kier alpha value is -3.56. The van der Waals surface area contributed by atoms with E-state index in [9.17, 15) is 19.1 Å². The molecule has 0 saturated heterocycles. The van der Waals surface area contributed by atoms with Crippen molar-refractivity contribution < 1.29 is 33.3 Å². The first kappa shape index (κ1) is 24.1. The van der Waals surface area contributed by atoms with Crippen LogP contribution in [-0.4, -0.2) is 41.0 Å². The molecule has 0 unspecified atom stereocenters. The fraction of sp³-hybridized carbons (Fsp3) is 0.292. The van der Waals surface area contributed by atoms with Gasteiger partial charge < -0.3 is 24.6 Å². The highest BCUT2D eigenvalue weighted by Crippen LogP contribution is 2.23. The molecular formula is C24H25FN2O6.